The number of rotatable bonds is 3. The van der Waals surface area contributed by atoms with Gasteiger partial charge in [0.1, 0.15) is 5.82 Å². The zero-order valence-electron chi connectivity index (χ0n) is 8.66. The Morgan fingerprint density at radius 2 is 2.06 bits per heavy atom. The summed E-state index contributed by atoms with van der Waals surface area (Å²) in [6.07, 6.45) is -0.404. The van der Waals surface area contributed by atoms with Crippen molar-refractivity contribution >= 4 is 43.2 Å². The van der Waals surface area contributed by atoms with E-state index in [1.165, 1.54) is 17.4 Å². The van der Waals surface area contributed by atoms with Gasteiger partial charge in [-0.15, -0.1) is 11.3 Å². The van der Waals surface area contributed by atoms with Gasteiger partial charge in [-0.3, -0.25) is 0 Å². The fourth-order valence-electron chi connectivity index (χ4n) is 1.53. The van der Waals surface area contributed by atoms with Crippen LogP contribution in [0.25, 0.3) is 0 Å². The molecule has 0 amide bonds. The summed E-state index contributed by atoms with van der Waals surface area (Å²) < 4.78 is 15.2. The van der Waals surface area contributed by atoms with Crippen LogP contribution in [-0.4, -0.2) is 5.11 Å². The van der Waals surface area contributed by atoms with Crippen molar-refractivity contribution in [1.29, 1.82) is 0 Å². The molecule has 0 fully saturated rings. The van der Waals surface area contributed by atoms with Crippen molar-refractivity contribution in [2.45, 2.75) is 12.5 Å². The molecule has 0 saturated heterocycles. The Hall–Kier alpha value is -0.230. The van der Waals surface area contributed by atoms with Crippen molar-refractivity contribution in [3.63, 3.8) is 0 Å². The lowest BCUT2D eigenvalue weighted by Crippen LogP contribution is -2.02. The fraction of sp³-hybridized carbons (Fsp3) is 0.167. The van der Waals surface area contributed by atoms with E-state index >= 15 is 0 Å². The molecular weight excluding hydrogens is 371 g/mol. The van der Waals surface area contributed by atoms with E-state index in [4.69, 9.17) is 0 Å². The van der Waals surface area contributed by atoms with Crippen LogP contribution < -0.4 is 0 Å². The Balaban J connectivity index is 2.19. The number of hydrogen-bond donors (Lipinski definition) is 1. The van der Waals surface area contributed by atoms with Gasteiger partial charge in [0.25, 0.3) is 0 Å². The molecule has 2 aromatic rings. The van der Waals surface area contributed by atoms with Gasteiger partial charge in [-0.05, 0) is 45.1 Å². The van der Waals surface area contributed by atoms with Crippen LogP contribution in [0.4, 0.5) is 4.39 Å². The molecule has 1 nitrogen and oxygen atoms in total. The molecule has 2 rings (SSSR count). The molecule has 0 aliphatic heterocycles. The van der Waals surface area contributed by atoms with E-state index in [-0.39, 0.29) is 12.2 Å². The van der Waals surface area contributed by atoms with Crippen LogP contribution in [0.3, 0.4) is 0 Å². The second kappa shape index (κ2) is 5.61. The van der Waals surface area contributed by atoms with Gasteiger partial charge in [-0.2, -0.15) is 0 Å². The minimum absolute atomic E-state index is 0.276. The van der Waals surface area contributed by atoms with Crippen molar-refractivity contribution < 1.29 is 9.50 Å². The summed E-state index contributed by atoms with van der Waals surface area (Å²) in [5.74, 6) is -0.300. The van der Waals surface area contributed by atoms with Gasteiger partial charge in [-0.25, -0.2) is 4.39 Å². The molecule has 1 unspecified atom stereocenters. The van der Waals surface area contributed by atoms with Gasteiger partial charge in [0.2, 0.25) is 0 Å². The highest BCUT2D eigenvalue weighted by molar-refractivity contribution is 9.10. The molecular formula is C12H9Br2FOS. The molecule has 1 atom stereocenters. The Bertz CT molecular complexity index is 527. The maximum absolute atomic E-state index is 13.6. The van der Waals surface area contributed by atoms with Crippen molar-refractivity contribution in [1.82, 2.24) is 0 Å². The molecule has 0 spiro atoms. The molecule has 17 heavy (non-hydrogen) atoms. The van der Waals surface area contributed by atoms with Crippen molar-refractivity contribution in [3.8, 4) is 0 Å². The van der Waals surface area contributed by atoms with Gasteiger partial charge in [-0.1, -0.05) is 22.0 Å². The number of thiophene rings is 1. The van der Waals surface area contributed by atoms with E-state index in [9.17, 15) is 9.50 Å². The van der Waals surface area contributed by atoms with E-state index in [1.807, 2.05) is 11.4 Å². The number of hydrogen-bond acceptors (Lipinski definition) is 2. The molecule has 1 aromatic carbocycles. The second-order valence-electron chi connectivity index (χ2n) is 3.59. The van der Waals surface area contributed by atoms with Gasteiger partial charge in [0, 0.05) is 20.2 Å². The standard InChI is InChI=1S/C12H9Br2FOS/c13-8-2-1-7(10(15)6-8)5-11(16)12-9(14)3-4-17-12/h1-4,6,11,16H,5H2. The van der Waals surface area contributed by atoms with Crippen LogP contribution in [-0.2, 0) is 6.42 Å². The van der Waals surface area contributed by atoms with Gasteiger partial charge in [0.15, 0.2) is 0 Å². The van der Waals surface area contributed by atoms with Gasteiger partial charge >= 0.3 is 0 Å². The molecule has 90 valence electrons. The third kappa shape index (κ3) is 3.16. The summed E-state index contributed by atoms with van der Waals surface area (Å²) >= 11 is 8.02. The monoisotopic (exact) mass is 378 g/mol. The Morgan fingerprint density at radius 3 is 2.65 bits per heavy atom. The average molecular weight is 380 g/mol. The maximum Gasteiger partial charge on any atom is 0.127 e. The number of benzene rings is 1. The minimum atomic E-state index is -0.681. The molecule has 5 heteroatoms. The largest absolute Gasteiger partial charge is 0.387 e. The summed E-state index contributed by atoms with van der Waals surface area (Å²) in [5, 5.41) is 11.9. The number of aliphatic hydroxyl groups excluding tert-OH is 1. The summed E-state index contributed by atoms with van der Waals surface area (Å²) in [4.78, 5) is 0.826. The lowest BCUT2D eigenvalue weighted by Gasteiger charge is -2.10. The smallest absolute Gasteiger partial charge is 0.127 e. The van der Waals surface area contributed by atoms with Crippen LogP contribution in [0.2, 0.25) is 0 Å². The topological polar surface area (TPSA) is 20.2 Å². The van der Waals surface area contributed by atoms with Crippen LogP contribution in [0, 0.1) is 5.82 Å². The fourth-order valence-corrected chi connectivity index (χ4v) is 3.49. The lowest BCUT2D eigenvalue weighted by atomic mass is 10.1. The summed E-state index contributed by atoms with van der Waals surface area (Å²) in [6.45, 7) is 0. The first-order chi connectivity index (χ1) is 8.08. The van der Waals surface area contributed by atoms with Crippen LogP contribution in [0.1, 0.15) is 16.5 Å². The molecule has 0 radical (unpaired) electrons. The van der Waals surface area contributed by atoms with Crippen LogP contribution in [0.15, 0.2) is 38.6 Å². The SMILES string of the molecule is OC(Cc1ccc(Br)cc1F)c1sccc1Br. The lowest BCUT2D eigenvalue weighted by molar-refractivity contribution is 0.180. The first-order valence-electron chi connectivity index (χ1n) is 4.93. The summed E-state index contributed by atoms with van der Waals surface area (Å²) in [5.41, 5.74) is 0.515. The minimum Gasteiger partial charge on any atom is -0.387 e. The predicted molar refractivity (Wildman–Crippen MR) is 74.8 cm³/mol. The van der Waals surface area contributed by atoms with Crippen molar-refractivity contribution in [2.24, 2.45) is 0 Å². The van der Waals surface area contributed by atoms with E-state index in [2.05, 4.69) is 31.9 Å². The third-order valence-corrected chi connectivity index (χ3v) is 4.84. The average Bonchev–Trinajstić information content (AvgIpc) is 2.68. The van der Waals surface area contributed by atoms with Crippen molar-refractivity contribution in [2.75, 3.05) is 0 Å². The molecule has 0 bridgehead atoms. The molecule has 0 aliphatic rings. The van der Waals surface area contributed by atoms with E-state index in [1.54, 1.807) is 12.1 Å². The van der Waals surface area contributed by atoms with Crippen LogP contribution in [0.5, 0.6) is 0 Å². The van der Waals surface area contributed by atoms with Crippen molar-refractivity contribution in [3.05, 3.63) is 54.8 Å². The summed E-state index contributed by atoms with van der Waals surface area (Å²) in [6, 6.07) is 6.74. The molecule has 0 saturated carbocycles. The quantitative estimate of drug-likeness (QED) is 0.820. The third-order valence-electron chi connectivity index (χ3n) is 2.38. The highest BCUT2D eigenvalue weighted by Gasteiger charge is 2.15. The normalized spacial score (nSPS) is 12.7. The highest BCUT2D eigenvalue weighted by Crippen LogP contribution is 2.31. The number of aliphatic hydroxyl groups is 1. The zero-order valence-corrected chi connectivity index (χ0v) is 12.6. The Labute approximate surface area is 120 Å². The molecule has 0 aliphatic carbocycles. The van der Waals surface area contributed by atoms with Crippen LogP contribution >= 0.6 is 43.2 Å². The highest BCUT2D eigenvalue weighted by atomic mass is 79.9. The van der Waals surface area contributed by atoms with Gasteiger partial charge in [0.05, 0.1) is 6.10 Å². The molecule has 1 heterocycles. The zero-order chi connectivity index (χ0) is 12.4. The molecule has 1 N–H and O–H groups in total. The Kier molecular flexibility index (Phi) is 4.36. The van der Waals surface area contributed by atoms with Gasteiger partial charge < -0.3 is 5.11 Å². The van der Waals surface area contributed by atoms with E-state index in [0.29, 0.717) is 10.0 Å². The first kappa shape index (κ1) is 13.2. The predicted octanol–water partition coefficient (Wildman–Crippen LogP) is 4.69. The maximum atomic E-state index is 13.6. The summed E-state index contributed by atoms with van der Waals surface area (Å²) in [7, 11) is 0. The Morgan fingerprint density at radius 1 is 1.29 bits per heavy atom. The second-order valence-corrected chi connectivity index (χ2v) is 6.31. The number of halogens is 3. The molecule has 1 aromatic heterocycles. The van der Waals surface area contributed by atoms with E-state index < -0.39 is 6.10 Å². The van der Waals surface area contributed by atoms with E-state index in [0.717, 1.165) is 9.35 Å². The first-order valence-corrected chi connectivity index (χ1v) is 7.39.